The van der Waals surface area contributed by atoms with Gasteiger partial charge in [-0.15, -0.1) is 0 Å². The maximum atomic E-state index is 5.83. The predicted octanol–water partition coefficient (Wildman–Crippen LogP) is 2.24. The van der Waals surface area contributed by atoms with Crippen LogP contribution in [0.4, 0.5) is 5.82 Å². The third-order valence-electron chi connectivity index (χ3n) is 2.07. The average molecular weight is 244 g/mol. The van der Waals surface area contributed by atoms with E-state index in [0.29, 0.717) is 17.7 Å². The summed E-state index contributed by atoms with van der Waals surface area (Å²) >= 11 is 5.83. The molecule has 1 rings (SSSR count). The van der Waals surface area contributed by atoms with Gasteiger partial charge in [-0.3, -0.25) is 4.98 Å². The summed E-state index contributed by atoms with van der Waals surface area (Å²) < 4.78 is 5.08. The van der Waals surface area contributed by atoms with Crippen LogP contribution in [0.25, 0.3) is 0 Å². The van der Waals surface area contributed by atoms with Gasteiger partial charge in [0.05, 0.1) is 19.0 Å². The molecule has 0 aliphatic carbocycles. The quantitative estimate of drug-likeness (QED) is 0.768. The lowest BCUT2D eigenvalue weighted by Crippen LogP contribution is -2.31. The van der Waals surface area contributed by atoms with Gasteiger partial charge in [0.25, 0.3) is 0 Å². The van der Waals surface area contributed by atoms with Crippen LogP contribution in [-0.4, -0.2) is 36.8 Å². The Hall–Kier alpha value is -0.870. The fourth-order valence-corrected chi connectivity index (χ4v) is 1.57. The number of aromatic nitrogens is 2. The zero-order chi connectivity index (χ0) is 12.0. The molecule has 0 aromatic carbocycles. The number of hydrogen-bond donors (Lipinski definition) is 0. The maximum absolute atomic E-state index is 5.83. The van der Waals surface area contributed by atoms with Gasteiger partial charge in [0, 0.05) is 20.2 Å². The zero-order valence-corrected chi connectivity index (χ0v) is 10.7. The smallest absolute Gasteiger partial charge is 0.149 e. The average Bonchev–Trinajstić information content (AvgIpc) is 2.23. The van der Waals surface area contributed by atoms with Gasteiger partial charge in [-0.2, -0.15) is 0 Å². The Balaban J connectivity index is 2.74. The van der Waals surface area contributed by atoms with Crippen LogP contribution in [-0.2, 0) is 4.74 Å². The van der Waals surface area contributed by atoms with Crippen LogP contribution in [0.2, 0.25) is 5.15 Å². The monoisotopic (exact) mass is 243 g/mol. The van der Waals surface area contributed by atoms with Crippen molar-refractivity contribution >= 4 is 17.4 Å². The van der Waals surface area contributed by atoms with Crippen molar-refractivity contribution in [3.05, 3.63) is 17.5 Å². The first kappa shape index (κ1) is 13.2. The number of hydrogen-bond acceptors (Lipinski definition) is 4. The van der Waals surface area contributed by atoms with Crippen LogP contribution in [0.3, 0.4) is 0 Å². The molecule has 0 spiro atoms. The highest BCUT2D eigenvalue weighted by atomic mass is 35.5. The highest BCUT2D eigenvalue weighted by Crippen LogP contribution is 2.14. The molecule has 16 heavy (non-hydrogen) atoms. The van der Waals surface area contributed by atoms with Crippen molar-refractivity contribution in [3.63, 3.8) is 0 Å². The lowest BCUT2D eigenvalue weighted by molar-refractivity contribution is 0.204. The zero-order valence-electron chi connectivity index (χ0n) is 9.98. The Kier molecular flexibility index (Phi) is 5.49. The maximum Gasteiger partial charge on any atom is 0.149 e. The van der Waals surface area contributed by atoms with Crippen LogP contribution in [0.1, 0.15) is 13.8 Å². The minimum atomic E-state index is 0.420. The Morgan fingerprint density at radius 3 is 2.75 bits per heavy atom. The fraction of sp³-hybridized carbons (Fsp3) is 0.636. The number of anilines is 1. The molecule has 0 fully saturated rings. The van der Waals surface area contributed by atoms with Crippen LogP contribution in [0, 0.1) is 5.92 Å². The molecule has 0 saturated carbocycles. The molecular weight excluding hydrogens is 226 g/mol. The number of rotatable bonds is 6. The van der Waals surface area contributed by atoms with Crippen molar-refractivity contribution in [1.29, 1.82) is 0 Å². The van der Waals surface area contributed by atoms with E-state index in [2.05, 4.69) is 28.7 Å². The van der Waals surface area contributed by atoms with Crippen LogP contribution in [0.5, 0.6) is 0 Å². The molecule has 1 heterocycles. The normalized spacial score (nSPS) is 10.8. The molecule has 4 nitrogen and oxygen atoms in total. The van der Waals surface area contributed by atoms with Gasteiger partial charge < -0.3 is 9.64 Å². The standard InChI is InChI=1S/C11H18ClN3O/c1-9(2)8-15(4-5-16-3)11-7-13-6-10(12)14-11/h6-7,9H,4-5,8H2,1-3H3. The van der Waals surface area contributed by atoms with E-state index >= 15 is 0 Å². The number of methoxy groups -OCH3 is 1. The summed E-state index contributed by atoms with van der Waals surface area (Å²) in [4.78, 5) is 10.4. The number of nitrogens with zero attached hydrogens (tertiary/aromatic N) is 3. The van der Waals surface area contributed by atoms with E-state index in [9.17, 15) is 0 Å². The van der Waals surface area contributed by atoms with Gasteiger partial charge in [0.15, 0.2) is 0 Å². The van der Waals surface area contributed by atoms with Gasteiger partial charge in [0.2, 0.25) is 0 Å². The first-order valence-corrected chi connectivity index (χ1v) is 5.72. The summed E-state index contributed by atoms with van der Waals surface area (Å²) in [7, 11) is 1.69. The highest BCUT2D eigenvalue weighted by Gasteiger charge is 2.10. The van der Waals surface area contributed by atoms with E-state index in [1.807, 2.05) is 0 Å². The second-order valence-electron chi connectivity index (χ2n) is 4.03. The minimum Gasteiger partial charge on any atom is -0.383 e. The third-order valence-corrected chi connectivity index (χ3v) is 2.25. The first-order chi connectivity index (χ1) is 7.63. The second-order valence-corrected chi connectivity index (χ2v) is 4.42. The molecule has 1 aromatic heterocycles. The van der Waals surface area contributed by atoms with Gasteiger partial charge in [0.1, 0.15) is 11.0 Å². The third kappa shape index (κ3) is 4.33. The second kappa shape index (κ2) is 6.66. The van der Waals surface area contributed by atoms with E-state index in [-0.39, 0.29) is 0 Å². The van der Waals surface area contributed by atoms with E-state index in [1.165, 1.54) is 6.20 Å². The Morgan fingerprint density at radius 1 is 1.44 bits per heavy atom. The Bertz CT molecular complexity index is 320. The molecular formula is C11H18ClN3O. The Morgan fingerprint density at radius 2 is 2.19 bits per heavy atom. The molecule has 0 N–H and O–H groups in total. The molecule has 0 saturated heterocycles. The number of ether oxygens (including phenoxy) is 1. The van der Waals surface area contributed by atoms with Crippen LogP contribution in [0.15, 0.2) is 12.4 Å². The first-order valence-electron chi connectivity index (χ1n) is 5.35. The van der Waals surface area contributed by atoms with Gasteiger partial charge >= 0.3 is 0 Å². The van der Waals surface area contributed by atoms with Gasteiger partial charge in [-0.25, -0.2) is 4.98 Å². The van der Waals surface area contributed by atoms with Crippen molar-refractivity contribution in [1.82, 2.24) is 9.97 Å². The molecule has 0 amide bonds. The lowest BCUT2D eigenvalue weighted by atomic mass is 10.2. The summed E-state index contributed by atoms with van der Waals surface area (Å²) in [6.45, 7) is 6.71. The molecule has 0 aliphatic heterocycles. The molecule has 0 aliphatic rings. The van der Waals surface area contributed by atoms with E-state index < -0.39 is 0 Å². The molecule has 0 bridgehead atoms. The summed E-state index contributed by atoms with van der Waals surface area (Å²) in [6.07, 6.45) is 3.26. The summed E-state index contributed by atoms with van der Waals surface area (Å²) in [5.41, 5.74) is 0. The molecule has 0 unspecified atom stereocenters. The van der Waals surface area contributed by atoms with Gasteiger partial charge in [-0.1, -0.05) is 25.4 Å². The fourth-order valence-electron chi connectivity index (χ4n) is 1.43. The molecule has 0 radical (unpaired) electrons. The van der Waals surface area contributed by atoms with E-state index in [1.54, 1.807) is 13.3 Å². The van der Waals surface area contributed by atoms with Crippen LogP contribution >= 0.6 is 11.6 Å². The van der Waals surface area contributed by atoms with Crippen molar-refractivity contribution < 1.29 is 4.74 Å². The minimum absolute atomic E-state index is 0.420. The highest BCUT2D eigenvalue weighted by molar-refractivity contribution is 6.29. The summed E-state index contributed by atoms with van der Waals surface area (Å²) in [5, 5.41) is 0.420. The largest absolute Gasteiger partial charge is 0.383 e. The van der Waals surface area contributed by atoms with Crippen LogP contribution < -0.4 is 4.90 Å². The lowest BCUT2D eigenvalue weighted by Gasteiger charge is -2.24. The Labute approximate surface area is 102 Å². The predicted molar refractivity (Wildman–Crippen MR) is 66.0 cm³/mol. The van der Waals surface area contributed by atoms with E-state index in [0.717, 1.165) is 18.9 Å². The molecule has 5 heteroatoms. The number of halogens is 1. The summed E-state index contributed by atoms with van der Waals surface area (Å²) in [6, 6.07) is 0. The topological polar surface area (TPSA) is 38.2 Å². The molecule has 90 valence electrons. The summed E-state index contributed by atoms with van der Waals surface area (Å²) in [5.74, 6) is 1.36. The van der Waals surface area contributed by atoms with E-state index in [4.69, 9.17) is 16.3 Å². The van der Waals surface area contributed by atoms with Crippen molar-refractivity contribution in [2.45, 2.75) is 13.8 Å². The van der Waals surface area contributed by atoms with Crippen molar-refractivity contribution in [2.24, 2.45) is 5.92 Å². The van der Waals surface area contributed by atoms with Gasteiger partial charge in [-0.05, 0) is 5.92 Å². The SMILES string of the molecule is COCCN(CC(C)C)c1cncc(Cl)n1. The van der Waals surface area contributed by atoms with Crippen molar-refractivity contribution in [3.8, 4) is 0 Å². The van der Waals surface area contributed by atoms with Crippen molar-refractivity contribution in [2.75, 3.05) is 31.7 Å². The molecule has 0 atom stereocenters. The molecule has 1 aromatic rings.